The molecule has 0 bridgehead atoms. The molecular weight excluding hydrogens is 458 g/mol. The van der Waals surface area contributed by atoms with Gasteiger partial charge in [0.25, 0.3) is 0 Å². The van der Waals surface area contributed by atoms with E-state index in [0.29, 0.717) is 22.8 Å². The van der Waals surface area contributed by atoms with Crippen LogP contribution in [0.1, 0.15) is 10.8 Å². The van der Waals surface area contributed by atoms with Gasteiger partial charge in [-0.25, -0.2) is 4.79 Å². The van der Waals surface area contributed by atoms with Crippen molar-refractivity contribution in [3.63, 3.8) is 0 Å². The Morgan fingerprint density at radius 1 is 0.686 bits per heavy atom. The maximum Gasteiger partial charge on any atom is 0.323 e. The van der Waals surface area contributed by atoms with Crippen LogP contribution in [0.5, 0.6) is 5.75 Å². The molecule has 0 saturated heterocycles. The van der Waals surface area contributed by atoms with Gasteiger partial charge in [-0.2, -0.15) is 0 Å². The minimum absolute atomic E-state index is 0.157. The Hall–Kier alpha value is -4.23. The summed E-state index contributed by atoms with van der Waals surface area (Å²) in [5.41, 5.74) is 2.86. The summed E-state index contributed by atoms with van der Waals surface area (Å²) >= 11 is 1.43. The summed E-state index contributed by atoms with van der Waals surface area (Å²) in [6, 6.07) is 33.2. The molecule has 0 aliphatic heterocycles. The van der Waals surface area contributed by atoms with Gasteiger partial charge in [0, 0.05) is 16.3 Å². The quantitative estimate of drug-likeness (QED) is 0.241. The number of para-hydroxylation sites is 3. The number of urea groups is 1. The number of anilines is 3. The van der Waals surface area contributed by atoms with Crippen LogP contribution in [0.25, 0.3) is 0 Å². The molecule has 0 fully saturated rings. The van der Waals surface area contributed by atoms with Gasteiger partial charge in [0.1, 0.15) is 11.0 Å². The van der Waals surface area contributed by atoms with Crippen molar-refractivity contribution in [1.29, 1.82) is 0 Å². The van der Waals surface area contributed by atoms with Crippen molar-refractivity contribution in [2.24, 2.45) is 0 Å². The highest BCUT2D eigenvalue weighted by Gasteiger charge is 2.23. The largest absolute Gasteiger partial charge is 0.495 e. The molecule has 1 unspecified atom stereocenters. The summed E-state index contributed by atoms with van der Waals surface area (Å²) in [7, 11) is 1.57. The number of ether oxygens (including phenoxy) is 1. The molecule has 0 aliphatic rings. The number of nitrogens with one attached hydrogen (secondary N) is 3. The number of hydrogen-bond acceptors (Lipinski definition) is 4. The Morgan fingerprint density at radius 3 is 1.91 bits per heavy atom. The molecule has 4 aromatic carbocycles. The highest BCUT2D eigenvalue weighted by atomic mass is 32.2. The molecule has 0 aromatic heterocycles. The fraction of sp³-hybridized carbons (Fsp3) is 0.0714. The first-order chi connectivity index (χ1) is 17.1. The molecule has 1 atom stereocenters. The predicted molar refractivity (Wildman–Crippen MR) is 142 cm³/mol. The zero-order valence-electron chi connectivity index (χ0n) is 19.1. The lowest BCUT2D eigenvalue weighted by Crippen LogP contribution is -2.19. The van der Waals surface area contributed by atoms with Crippen LogP contribution < -0.4 is 20.7 Å². The van der Waals surface area contributed by atoms with Crippen LogP contribution in [0.15, 0.2) is 114 Å². The molecular formula is C28H25N3O3S. The van der Waals surface area contributed by atoms with Gasteiger partial charge in [0.2, 0.25) is 5.91 Å². The lowest BCUT2D eigenvalue weighted by molar-refractivity contribution is -0.115. The van der Waals surface area contributed by atoms with E-state index in [-0.39, 0.29) is 11.9 Å². The van der Waals surface area contributed by atoms with Crippen LogP contribution in [-0.4, -0.2) is 19.0 Å². The van der Waals surface area contributed by atoms with Gasteiger partial charge in [-0.3, -0.25) is 4.79 Å². The minimum atomic E-state index is -0.485. The third-order valence-electron chi connectivity index (χ3n) is 5.10. The Bertz CT molecular complexity index is 1270. The van der Waals surface area contributed by atoms with Gasteiger partial charge in [-0.1, -0.05) is 60.7 Å². The maximum atomic E-state index is 13.3. The fourth-order valence-corrected chi connectivity index (χ4v) is 4.44. The Morgan fingerprint density at radius 2 is 1.26 bits per heavy atom. The molecule has 6 nitrogen and oxygen atoms in total. The van der Waals surface area contributed by atoms with Crippen molar-refractivity contribution >= 4 is 40.8 Å². The number of methoxy groups -OCH3 is 1. The fourth-order valence-electron chi connectivity index (χ4n) is 3.41. The summed E-state index contributed by atoms with van der Waals surface area (Å²) < 4.78 is 5.37. The number of amides is 3. The van der Waals surface area contributed by atoms with Crippen LogP contribution in [-0.2, 0) is 4.79 Å². The topological polar surface area (TPSA) is 79.5 Å². The van der Waals surface area contributed by atoms with Crippen molar-refractivity contribution in [2.45, 2.75) is 10.1 Å². The Balaban J connectivity index is 1.46. The van der Waals surface area contributed by atoms with Crippen LogP contribution >= 0.6 is 11.8 Å². The second kappa shape index (κ2) is 11.8. The third-order valence-corrected chi connectivity index (χ3v) is 6.37. The molecule has 0 saturated carbocycles. The molecule has 0 aliphatic carbocycles. The molecule has 0 heterocycles. The number of carbonyl (C=O) groups is 2. The number of thioether (sulfide) groups is 1. The Kier molecular flexibility index (Phi) is 8.04. The average Bonchev–Trinajstić information content (AvgIpc) is 2.89. The summed E-state index contributed by atoms with van der Waals surface area (Å²) in [6.45, 7) is 0. The summed E-state index contributed by atoms with van der Waals surface area (Å²) in [6.07, 6.45) is 0. The SMILES string of the molecule is COc1ccccc1NC(=O)C(Sc1ccc(NC(=O)Nc2ccccc2)cc1)c1ccccc1. The smallest absolute Gasteiger partial charge is 0.323 e. The van der Waals surface area contributed by atoms with Crippen molar-refractivity contribution in [1.82, 2.24) is 0 Å². The maximum absolute atomic E-state index is 13.3. The van der Waals surface area contributed by atoms with Crippen LogP contribution in [0.4, 0.5) is 21.9 Å². The first-order valence-electron chi connectivity index (χ1n) is 11.0. The second-order valence-corrected chi connectivity index (χ2v) is 8.75. The highest BCUT2D eigenvalue weighted by molar-refractivity contribution is 8.00. The first-order valence-corrected chi connectivity index (χ1v) is 11.9. The number of hydrogen-bond donors (Lipinski definition) is 3. The third kappa shape index (κ3) is 6.65. The molecule has 176 valence electrons. The minimum Gasteiger partial charge on any atom is -0.495 e. The van der Waals surface area contributed by atoms with Gasteiger partial charge >= 0.3 is 6.03 Å². The van der Waals surface area contributed by atoms with Crippen molar-refractivity contribution in [3.8, 4) is 5.75 Å². The number of benzene rings is 4. The molecule has 3 N–H and O–H groups in total. The lowest BCUT2D eigenvalue weighted by Gasteiger charge is -2.18. The monoisotopic (exact) mass is 483 g/mol. The molecule has 4 aromatic rings. The zero-order valence-corrected chi connectivity index (χ0v) is 19.9. The van der Waals surface area contributed by atoms with E-state index in [2.05, 4.69) is 16.0 Å². The van der Waals surface area contributed by atoms with Crippen molar-refractivity contribution in [2.75, 3.05) is 23.1 Å². The highest BCUT2D eigenvalue weighted by Crippen LogP contribution is 2.37. The van der Waals surface area contributed by atoms with E-state index in [9.17, 15) is 9.59 Å². The van der Waals surface area contributed by atoms with E-state index in [0.717, 1.165) is 10.5 Å². The second-order valence-electron chi connectivity index (χ2n) is 7.57. The van der Waals surface area contributed by atoms with Gasteiger partial charge in [-0.05, 0) is 54.1 Å². The van der Waals surface area contributed by atoms with E-state index < -0.39 is 5.25 Å². The van der Waals surface area contributed by atoms with Crippen molar-refractivity contribution < 1.29 is 14.3 Å². The standard InChI is InChI=1S/C28H25N3O3S/c1-34-25-15-9-8-14-24(25)31-27(32)26(20-10-4-2-5-11-20)35-23-18-16-22(17-19-23)30-28(33)29-21-12-6-3-7-13-21/h2-19,26H,1H3,(H,31,32)(H2,29,30,33). The molecule has 3 amide bonds. The average molecular weight is 484 g/mol. The Labute approximate surface area is 208 Å². The first kappa shape index (κ1) is 23.9. The normalized spacial score (nSPS) is 11.2. The summed E-state index contributed by atoms with van der Waals surface area (Å²) in [4.78, 5) is 26.5. The number of rotatable bonds is 8. The molecule has 0 spiro atoms. The van der Waals surface area contributed by atoms with E-state index in [1.807, 2.05) is 103 Å². The van der Waals surface area contributed by atoms with E-state index in [1.165, 1.54) is 11.8 Å². The van der Waals surface area contributed by atoms with Gasteiger partial charge in [-0.15, -0.1) is 11.8 Å². The summed E-state index contributed by atoms with van der Waals surface area (Å²) in [5, 5.41) is 8.11. The summed E-state index contributed by atoms with van der Waals surface area (Å²) in [5.74, 6) is 0.442. The van der Waals surface area contributed by atoms with E-state index in [4.69, 9.17) is 4.74 Å². The van der Waals surface area contributed by atoms with Crippen LogP contribution in [0.3, 0.4) is 0 Å². The predicted octanol–water partition coefficient (Wildman–Crippen LogP) is 6.81. The van der Waals surface area contributed by atoms with Crippen LogP contribution in [0, 0.1) is 0 Å². The van der Waals surface area contributed by atoms with Gasteiger partial charge in [0.15, 0.2) is 0 Å². The van der Waals surface area contributed by atoms with E-state index in [1.54, 1.807) is 13.2 Å². The lowest BCUT2D eigenvalue weighted by atomic mass is 10.1. The van der Waals surface area contributed by atoms with Crippen molar-refractivity contribution in [3.05, 3.63) is 115 Å². The molecule has 7 heteroatoms. The molecule has 0 radical (unpaired) electrons. The van der Waals surface area contributed by atoms with Crippen LogP contribution in [0.2, 0.25) is 0 Å². The van der Waals surface area contributed by atoms with E-state index >= 15 is 0 Å². The van der Waals surface area contributed by atoms with Gasteiger partial charge < -0.3 is 20.7 Å². The molecule has 35 heavy (non-hydrogen) atoms. The number of carbonyl (C=O) groups excluding carboxylic acids is 2. The molecule has 4 rings (SSSR count). The van der Waals surface area contributed by atoms with Gasteiger partial charge in [0.05, 0.1) is 12.8 Å². The zero-order chi connectivity index (χ0) is 24.5.